The van der Waals surface area contributed by atoms with E-state index in [0.29, 0.717) is 17.6 Å². The number of aromatic nitrogens is 2. The summed E-state index contributed by atoms with van der Waals surface area (Å²) in [6.45, 7) is 0.550. The molecule has 7 heteroatoms. The van der Waals surface area contributed by atoms with E-state index >= 15 is 0 Å². The van der Waals surface area contributed by atoms with Gasteiger partial charge in [0.05, 0.1) is 11.2 Å². The zero-order valence-corrected chi connectivity index (χ0v) is 12.4. The minimum Gasteiger partial charge on any atom is -0.366 e. The topological polar surface area (TPSA) is 29.0 Å². The van der Waals surface area contributed by atoms with Gasteiger partial charge in [0, 0.05) is 35.5 Å². The van der Waals surface area contributed by atoms with Crippen molar-refractivity contribution in [2.24, 2.45) is 0 Å². The molecule has 1 aliphatic rings. The molecule has 2 aromatic heterocycles. The normalized spacial score (nSPS) is 16.2. The number of halogens is 4. The Morgan fingerprint density at radius 3 is 2.71 bits per heavy atom. The lowest BCUT2D eigenvalue weighted by atomic mass is 10.1. The van der Waals surface area contributed by atoms with Gasteiger partial charge in [-0.05, 0) is 34.5 Å². The minimum absolute atomic E-state index is 0.0101. The average Bonchev–Trinajstić information content (AvgIpc) is 2.45. The number of alkyl halides is 3. The third kappa shape index (κ3) is 2.88. The highest BCUT2D eigenvalue weighted by Gasteiger charge is 2.34. The van der Waals surface area contributed by atoms with Crippen molar-refractivity contribution in [2.45, 2.75) is 12.6 Å². The molecule has 0 atom stereocenters. The van der Waals surface area contributed by atoms with Crippen LogP contribution in [0.3, 0.4) is 0 Å². The second-order valence-electron chi connectivity index (χ2n) is 4.77. The van der Waals surface area contributed by atoms with Crippen LogP contribution in [0.1, 0.15) is 6.42 Å². The predicted octanol–water partition coefficient (Wildman–Crippen LogP) is 4.09. The lowest BCUT2D eigenvalue weighted by Crippen LogP contribution is -2.32. The Bertz CT molecular complexity index is 712. The van der Waals surface area contributed by atoms with E-state index in [4.69, 9.17) is 0 Å². The fourth-order valence-corrected chi connectivity index (χ4v) is 2.71. The summed E-state index contributed by atoms with van der Waals surface area (Å²) in [4.78, 5) is 10.5. The molecule has 3 heterocycles. The zero-order chi connectivity index (χ0) is 15.0. The smallest absolute Gasteiger partial charge is 0.366 e. The highest BCUT2D eigenvalue weighted by molar-refractivity contribution is 9.10. The van der Waals surface area contributed by atoms with Crippen molar-refractivity contribution in [3.63, 3.8) is 0 Å². The van der Waals surface area contributed by atoms with E-state index in [2.05, 4.69) is 25.9 Å². The van der Waals surface area contributed by atoms with Crippen LogP contribution in [0.5, 0.6) is 0 Å². The van der Waals surface area contributed by atoms with Crippen LogP contribution in [-0.4, -0.2) is 29.2 Å². The van der Waals surface area contributed by atoms with E-state index in [1.807, 2.05) is 11.0 Å². The predicted molar refractivity (Wildman–Crippen MR) is 78.2 cm³/mol. The number of hydrogen-bond acceptors (Lipinski definition) is 3. The van der Waals surface area contributed by atoms with E-state index in [1.165, 1.54) is 6.08 Å². The summed E-state index contributed by atoms with van der Waals surface area (Å²) in [6.07, 6.45) is 0.317. The molecule has 2 aromatic rings. The van der Waals surface area contributed by atoms with Gasteiger partial charge in [-0.3, -0.25) is 9.97 Å². The van der Waals surface area contributed by atoms with E-state index in [-0.39, 0.29) is 13.0 Å². The van der Waals surface area contributed by atoms with Crippen LogP contribution in [-0.2, 0) is 0 Å². The molecule has 0 saturated carbocycles. The first-order valence-electron chi connectivity index (χ1n) is 6.36. The van der Waals surface area contributed by atoms with E-state index in [9.17, 15) is 13.2 Å². The number of nitrogens with zero attached hydrogens (tertiary/aromatic N) is 3. The molecular weight excluding hydrogens is 347 g/mol. The molecule has 0 radical (unpaired) electrons. The van der Waals surface area contributed by atoms with E-state index in [0.717, 1.165) is 10.2 Å². The Hall–Kier alpha value is -1.63. The summed E-state index contributed by atoms with van der Waals surface area (Å²) in [5.41, 5.74) is 1.77. The quantitative estimate of drug-likeness (QED) is 0.719. The molecule has 0 N–H and O–H groups in total. The number of pyridine rings is 2. The molecule has 0 unspecified atom stereocenters. The Morgan fingerprint density at radius 2 is 2.05 bits per heavy atom. The van der Waals surface area contributed by atoms with Gasteiger partial charge in [-0.1, -0.05) is 6.08 Å². The number of anilines is 1. The summed E-state index contributed by atoms with van der Waals surface area (Å²) in [6, 6.07) is 3.63. The van der Waals surface area contributed by atoms with Crippen molar-refractivity contribution in [3.05, 3.63) is 40.6 Å². The maximum absolute atomic E-state index is 12.7. The molecule has 21 heavy (non-hydrogen) atoms. The van der Waals surface area contributed by atoms with Crippen LogP contribution in [0.15, 0.2) is 40.6 Å². The molecule has 3 nitrogen and oxygen atoms in total. The number of fused-ring (bicyclic) bond motifs is 1. The van der Waals surface area contributed by atoms with Crippen molar-refractivity contribution >= 4 is 32.7 Å². The van der Waals surface area contributed by atoms with Gasteiger partial charge in [-0.25, -0.2) is 0 Å². The highest BCUT2D eigenvalue weighted by Crippen LogP contribution is 2.33. The number of rotatable bonds is 1. The first-order chi connectivity index (χ1) is 9.95. The molecule has 0 fully saturated rings. The van der Waals surface area contributed by atoms with Crippen molar-refractivity contribution in [3.8, 4) is 0 Å². The van der Waals surface area contributed by atoms with Gasteiger partial charge in [0.25, 0.3) is 0 Å². The van der Waals surface area contributed by atoms with Crippen molar-refractivity contribution in [1.29, 1.82) is 0 Å². The van der Waals surface area contributed by atoms with Crippen LogP contribution in [0, 0.1) is 0 Å². The summed E-state index contributed by atoms with van der Waals surface area (Å²) < 4.78 is 38.8. The molecule has 110 valence electrons. The highest BCUT2D eigenvalue weighted by atomic mass is 79.9. The molecule has 0 aromatic carbocycles. The van der Waals surface area contributed by atoms with Crippen LogP contribution >= 0.6 is 15.9 Å². The average molecular weight is 358 g/mol. The lowest BCUT2D eigenvalue weighted by Gasteiger charge is -2.29. The fraction of sp³-hybridized carbons (Fsp3) is 0.286. The Balaban J connectivity index is 1.94. The molecule has 3 rings (SSSR count). The van der Waals surface area contributed by atoms with Gasteiger partial charge in [0.2, 0.25) is 0 Å². The summed E-state index contributed by atoms with van der Waals surface area (Å²) in [5, 5.41) is 0. The van der Waals surface area contributed by atoms with Crippen LogP contribution in [0.4, 0.5) is 18.9 Å². The fourth-order valence-electron chi connectivity index (χ4n) is 2.39. The van der Waals surface area contributed by atoms with Crippen LogP contribution in [0.2, 0.25) is 0 Å². The summed E-state index contributed by atoms with van der Waals surface area (Å²) in [5.74, 6) is 0. The van der Waals surface area contributed by atoms with Gasteiger partial charge in [0.15, 0.2) is 0 Å². The molecule has 0 saturated heterocycles. The molecule has 1 aliphatic heterocycles. The van der Waals surface area contributed by atoms with Gasteiger partial charge < -0.3 is 4.90 Å². The first kappa shape index (κ1) is 14.3. The van der Waals surface area contributed by atoms with Crippen molar-refractivity contribution in [1.82, 2.24) is 9.97 Å². The Kier molecular flexibility index (Phi) is 3.61. The maximum Gasteiger partial charge on any atom is 0.412 e. The Morgan fingerprint density at radius 1 is 1.24 bits per heavy atom. The second kappa shape index (κ2) is 5.29. The maximum atomic E-state index is 12.7. The van der Waals surface area contributed by atoms with Crippen LogP contribution in [0.25, 0.3) is 11.0 Å². The molecular formula is C14H11BrF3N3. The molecule has 0 amide bonds. The third-order valence-corrected chi connectivity index (χ3v) is 3.87. The molecule has 0 bridgehead atoms. The SMILES string of the molecule is FC(F)(F)C1=CCN(c2ccnc3cc(Br)cnc23)CC1. The van der Waals surface area contributed by atoms with Gasteiger partial charge in [0.1, 0.15) is 5.52 Å². The third-order valence-electron chi connectivity index (χ3n) is 3.44. The monoisotopic (exact) mass is 357 g/mol. The standard InChI is InChI=1S/C14H11BrF3N3/c15-10-7-11-13(20-8-10)12(1-4-19-11)21-5-2-9(3-6-21)14(16,17)18/h1-2,4,7-8H,3,5-6H2. The van der Waals surface area contributed by atoms with Crippen LogP contribution < -0.4 is 4.90 Å². The molecule has 0 spiro atoms. The molecule has 0 aliphatic carbocycles. The summed E-state index contributed by atoms with van der Waals surface area (Å²) in [7, 11) is 0. The van der Waals surface area contributed by atoms with Crippen molar-refractivity contribution in [2.75, 3.05) is 18.0 Å². The van der Waals surface area contributed by atoms with E-state index in [1.54, 1.807) is 18.5 Å². The largest absolute Gasteiger partial charge is 0.412 e. The zero-order valence-electron chi connectivity index (χ0n) is 10.9. The van der Waals surface area contributed by atoms with Gasteiger partial charge in [-0.2, -0.15) is 13.2 Å². The Labute approximate surface area is 127 Å². The van der Waals surface area contributed by atoms with Gasteiger partial charge in [-0.15, -0.1) is 0 Å². The van der Waals surface area contributed by atoms with E-state index < -0.39 is 11.7 Å². The van der Waals surface area contributed by atoms with Gasteiger partial charge >= 0.3 is 6.18 Å². The van der Waals surface area contributed by atoms with Crippen molar-refractivity contribution < 1.29 is 13.2 Å². The summed E-state index contributed by atoms with van der Waals surface area (Å²) >= 11 is 3.33. The first-order valence-corrected chi connectivity index (χ1v) is 7.16. The second-order valence-corrected chi connectivity index (χ2v) is 5.69. The lowest BCUT2D eigenvalue weighted by molar-refractivity contribution is -0.0943. The number of hydrogen-bond donors (Lipinski definition) is 0. The minimum atomic E-state index is -4.23.